The molecule has 59 heavy (non-hydrogen) atoms. The van der Waals surface area contributed by atoms with Gasteiger partial charge in [-0.15, -0.1) is 11.8 Å². The highest BCUT2D eigenvalue weighted by atomic mass is 35.5. The molecule has 1 N–H and O–H groups in total. The van der Waals surface area contributed by atoms with Gasteiger partial charge in [0.2, 0.25) is 5.91 Å². The number of allylic oxidation sites excluding steroid dienone is 5. The Morgan fingerprint density at radius 1 is 1.05 bits per heavy atom. The molecule has 0 spiro atoms. The third kappa shape index (κ3) is 10.6. The predicted octanol–water partition coefficient (Wildman–Crippen LogP) is 9.24. The molecule has 10 nitrogen and oxygen atoms in total. The van der Waals surface area contributed by atoms with E-state index in [-0.39, 0.29) is 37.4 Å². The van der Waals surface area contributed by atoms with E-state index in [1.807, 2.05) is 62.6 Å². The molecule has 2 heterocycles. The van der Waals surface area contributed by atoms with Crippen LogP contribution in [-0.4, -0.2) is 70.8 Å². The number of carbonyl (C=O) groups is 2. The standard InChI is InChI=1S/C45H50ClF2N3O7S/c1-8-9-33(49-30(4)59-7)26-58-34-12-10-32(11-13-34)44(5,6)37-25-38(46)41(29(3)28(37)2)57-23-20-45(47,48)19-22-56-35-14-15-36-31(24-35)18-21-50(42(36)54)39-16-17-40(53)51(27-52)43(39)55/h8-15,18,21,24-25,28,39,52H,3-4,16-17,19-20,22-23,26-27H2,1-2,5-7H3/b9-8-,49-33+. The summed E-state index contributed by atoms with van der Waals surface area (Å²) in [5, 5.41) is 11.2. The van der Waals surface area contributed by atoms with E-state index in [2.05, 4.69) is 32.0 Å². The van der Waals surface area contributed by atoms with Crippen molar-refractivity contribution in [1.82, 2.24) is 9.47 Å². The van der Waals surface area contributed by atoms with Crippen molar-refractivity contribution in [3.63, 3.8) is 0 Å². The first-order valence-corrected chi connectivity index (χ1v) is 20.8. The zero-order valence-electron chi connectivity index (χ0n) is 33.9. The fraction of sp³-hybridized carbons (Fsp3) is 0.378. The number of halogens is 3. The average Bonchev–Trinajstić information content (AvgIpc) is 3.20. The van der Waals surface area contributed by atoms with Crippen molar-refractivity contribution in [1.29, 1.82) is 0 Å². The molecular weight excluding hydrogens is 800 g/mol. The Balaban J connectivity index is 1.15. The summed E-state index contributed by atoms with van der Waals surface area (Å²) in [7, 11) is 0. The minimum Gasteiger partial charge on any atom is -0.493 e. The Morgan fingerprint density at radius 2 is 1.73 bits per heavy atom. The van der Waals surface area contributed by atoms with Crippen LogP contribution in [-0.2, 0) is 19.7 Å². The summed E-state index contributed by atoms with van der Waals surface area (Å²) in [5.41, 5.74) is 2.47. The van der Waals surface area contributed by atoms with Crippen molar-refractivity contribution >= 4 is 51.7 Å². The van der Waals surface area contributed by atoms with Crippen LogP contribution in [0.4, 0.5) is 8.78 Å². The lowest BCUT2D eigenvalue weighted by molar-refractivity contribution is -0.155. The van der Waals surface area contributed by atoms with Crippen LogP contribution < -0.4 is 15.0 Å². The number of hydrogen-bond acceptors (Lipinski definition) is 9. The number of aliphatic imine (C=N–C) groups is 1. The van der Waals surface area contributed by atoms with E-state index in [0.29, 0.717) is 44.9 Å². The number of piperidine rings is 1. The molecule has 2 aliphatic rings. The number of imide groups is 1. The second-order valence-corrected chi connectivity index (χ2v) is 16.1. The molecule has 1 aliphatic heterocycles. The minimum atomic E-state index is -3.11. The Labute approximate surface area is 352 Å². The van der Waals surface area contributed by atoms with Gasteiger partial charge in [-0.3, -0.25) is 19.3 Å². The van der Waals surface area contributed by atoms with Gasteiger partial charge in [-0.2, -0.15) is 0 Å². The number of fused-ring (bicyclic) bond motifs is 1. The van der Waals surface area contributed by atoms with Gasteiger partial charge in [-0.05, 0) is 84.7 Å². The lowest BCUT2D eigenvalue weighted by atomic mass is 9.69. The van der Waals surface area contributed by atoms with Crippen molar-refractivity contribution in [2.24, 2.45) is 10.9 Å². The number of thioether (sulfide) groups is 1. The maximum Gasteiger partial charge on any atom is 0.259 e. The number of ether oxygens (including phenoxy) is 3. The second-order valence-electron chi connectivity index (χ2n) is 14.8. The molecule has 0 bridgehead atoms. The lowest BCUT2D eigenvalue weighted by Crippen LogP contribution is -2.47. The number of nitrogens with zero attached hydrogens (tertiary/aromatic N) is 3. The Hall–Kier alpha value is -4.98. The van der Waals surface area contributed by atoms with Crippen molar-refractivity contribution < 1.29 is 37.7 Å². The zero-order valence-corrected chi connectivity index (χ0v) is 35.5. The number of pyridine rings is 1. The van der Waals surface area contributed by atoms with Crippen LogP contribution in [0.25, 0.3) is 10.8 Å². The highest BCUT2D eigenvalue weighted by molar-refractivity contribution is 8.02. The topological polar surface area (TPSA) is 120 Å². The van der Waals surface area contributed by atoms with Gasteiger partial charge in [0.25, 0.3) is 17.4 Å². The van der Waals surface area contributed by atoms with Gasteiger partial charge in [-0.25, -0.2) is 13.8 Å². The van der Waals surface area contributed by atoms with Gasteiger partial charge < -0.3 is 23.9 Å². The summed E-state index contributed by atoms with van der Waals surface area (Å²) < 4.78 is 48.8. The second kappa shape index (κ2) is 19.4. The maximum absolute atomic E-state index is 15.0. The smallest absolute Gasteiger partial charge is 0.259 e. The molecule has 3 aromatic rings. The van der Waals surface area contributed by atoms with Gasteiger partial charge in [-0.1, -0.05) is 69.3 Å². The minimum absolute atomic E-state index is 0.0161. The summed E-state index contributed by atoms with van der Waals surface area (Å²) >= 11 is 8.20. The molecule has 314 valence electrons. The summed E-state index contributed by atoms with van der Waals surface area (Å²) in [4.78, 5) is 43.1. The highest BCUT2D eigenvalue weighted by Gasteiger charge is 2.37. The van der Waals surface area contributed by atoms with Gasteiger partial charge in [0, 0.05) is 42.2 Å². The summed E-state index contributed by atoms with van der Waals surface area (Å²) in [6.45, 7) is 15.2. The number of likely N-dealkylation sites (tertiary alicyclic amines) is 1. The number of aromatic nitrogens is 1. The summed E-state index contributed by atoms with van der Waals surface area (Å²) in [6, 6.07) is 13.1. The first-order valence-electron chi connectivity index (χ1n) is 19.2. The monoisotopic (exact) mass is 849 g/mol. The van der Waals surface area contributed by atoms with Crippen LogP contribution >= 0.6 is 23.4 Å². The third-order valence-corrected chi connectivity index (χ3v) is 11.5. The number of carbonyl (C=O) groups excluding carboxylic acids is 2. The van der Waals surface area contributed by atoms with Crippen LogP contribution in [0.2, 0.25) is 0 Å². The van der Waals surface area contributed by atoms with Crippen molar-refractivity contribution in [2.75, 3.05) is 32.8 Å². The normalized spacial score (nSPS) is 18.2. The van der Waals surface area contributed by atoms with E-state index in [1.165, 1.54) is 34.7 Å². The summed E-state index contributed by atoms with van der Waals surface area (Å²) in [5.74, 6) is -3.16. The molecule has 5 rings (SSSR count). The molecule has 14 heteroatoms. The van der Waals surface area contributed by atoms with Gasteiger partial charge in [0.15, 0.2) is 0 Å². The molecule has 2 amide bonds. The molecule has 2 aromatic carbocycles. The third-order valence-electron chi connectivity index (χ3n) is 10.6. The van der Waals surface area contributed by atoms with Crippen LogP contribution in [0.15, 0.2) is 123 Å². The summed E-state index contributed by atoms with van der Waals surface area (Å²) in [6.07, 6.45) is 7.99. The van der Waals surface area contributed by atoms with Gasteiger partial charge >= 0.3 is 0 Å². The molecule has 1 aromatic heterocycles. The van der Waals surface area contributed by atoms with E-state index >= 15 is 8.78 Å². The number of benzene rings is 2. The molecule has 1 fully saturated rings. The van der Waals surface area contributed by atoms with E-state index in [1.54, 1.807) is 12.1 Å². The molecule has 2 unspecified atom stereocenters. The van der Waals surface area contributed by atoms with Crippen LogP contribution in [0.1, 0.15) is 65.0 Å². The maximum atomic E-state index is 15.0. The van der Waals surface area contributed by atoms with Crippen molar-refractivity contribution in [3.05, 3.63) is 129 Å². The Kier molecular flexibility index (Phi) is 14.8. The average molecular weight is 850 g/mol. The highest BCUT2D eigenvalue weighted by Crippen LogP contribution is 2.45. The number of aliphatic hydroxyl groups is 1. The Morgan fingerprint density at radius 3 is 2.39 bits per heavy atom. The SMILES string of the molecule is C=C(/N=C(\C=C/C)COc1ccc(C(C)(C)C2=CC(Cl)=C(OCCC(F)(F)CCOc3ccc4c(=O)n(C5CCC(=O)N(CO)C5=O)ccc4c3)C(=C)C2C)cc1)SC. The van der Waals surface area contributed by atoms with Gasteiger partial charge in [0.05, 0.1) is 29.0 Å². The van der Waals surface area contributed by atoms with E-state index < -0.39 is 54.3 Å². The molecule has 2 atom stereocenters. The van der Waals surface area contributed by atoms with Gasteiger partial charge in [0.1, 0.15) is 36.6 Å². The molecular formula is C45H50ClF2N3O7S. The first kappa shape index (κ1) is 45.1. The zero-order chi connectivity index (χ0) is 43.1. The van der Waals surface area contributed by atoms with E-state index in [9.17, 15) is 19.5 Å². The van der Waals surface area contributed by atoms with Crippen LogP contribution in [0, 0.1) is 5.92 Å². The number of amides is 2. The number of aliphatic hydroxyl groups excluding tert-OH is 1. The van der Waals surface area contributed by atoms with E-state index in [4.69, 9.17) is 25.8 Å². The largest absolute Gasteiger partial charge is 0.493 e. The van der Waals surface area contributed by atoms with Crippen molar-refractivity contribution in [2.45, 2.75) is 70.8 Å². The molecule has 0 saturated carbocycles. The van der Waals surface area contributed by atoms with Crippen LogP contribution in [0.3, 0.4) is 0 Å². The molecule has 1 aliphatic carbocycles. The quantitative estimate of drug-likeness (QED) is 0.0995. The number of alkyl halides is 2. The first-order chi connectivity index (χ1) is 28.0. The fourth-order valence-corrected chi connectivity index (χ4v) is 7.61. The lowest BCUT2D eigenvalue weighted by Gasteiger charge is -2.36. The van der Waals surface area contributed by atoms with Crippen molar-refractivity contribution in [3.8, 4) is 11.5 Å². The predicted molar refractivity (Wildman–Crippen MR) is 230 cm³/mol. The van der Waals surface area contributed by atoms with Crippen LogP contribution in [0.5, 0.6) is 11.5 Å². The molecule has 1 saturated heterocycles. The molecule has 0 radical (unpaired) electrons. The number of hydrogen-bond donors (Lipinski definition) is 1. The Bertz CT molecular complexity index is 2280. The number of rotatable bonds is 18. The fourth-order valence-electron chi connectivity index (χ4n) is 7.11. The van der Waals surface area contributed by atoms with E-state index in [0.717, 1.165) is 21.7 Å².